The fourth-order valence-corrected chi connectivity index (χ4v) is 3.75. The number of para-hydroxylation sites is 1. The van der Waals surface area contributed by atoms with Crippen molar-refractivity contribution in [2.45, 2.75) is 44.0 Å². The molecule has 4 nitrogen and oxygen atoms in total. The zero-order chi connectivity index (χ0) is 21.4. The summed E-state index contributed by atoms with van der Waals surface area (Å²) in [6, 6.07) is 10.2. The molecule has 0 amide bonds. The molecule has 1 heterocycles. The zero-order valence-electron chi connectivity index (χ0n) is 16.3. The van der Waals surface area contributed by atoms with Crippen molar-refractivity contribution in [3.63, 3.8) is 0 Å². The van der Waals surface area contributed by atoms with E-state index in [2.05, 4.69) is 5.10 Å². The first-order chi connectivity index (χ1) is 13.5. The van der Waals surface area contributed by atoms with Gasteiger partial charge in [0.1, 0.15) is 11.6 Å². The van der Waals surface area contributed by atoms with Gasteiger partial charge in [0, 0.05) is 10.9 Å². The van der Waals surface area contributed by atoms with E-state index in [0.29, 0.717) is 5.52 Å². The zero-order valence-corrected chi connectivity index (χ0v) is 16.3. The molecule has 3 rings (SSSR count). The average molecular weight is 410 g/mol. The third kappa shape index (κ3) is 4.07. The summed E-state index contributed by atoms with van der Waals surface area (Å²) in [6.45, 7) is 2.10. The predicted octanol–water partition coefficient (Wildman–Crippen LogP) is 4.85. The number of benzene rings is 2. The van der Waals surface area contributed by atoms with Gasteiger partial charge in [0.05, 0.1) is 36.4 Å². The molecule has 0 bridgehead atoms. The van der Waals surface area contributed by atoms with E-state index in [4.69, 9.17) is 4.74 Å². The van der Waals surface area contributed by atoms with Crippen molar-refractivity contribution in [1.29, 1.82) is 0 Å². The number of ether oxygens (including phenoxy) is 1. The third-order valence-electron chi connectivity index (χ3n) is 5.16. The molecule has 0 saturated heterocycles. The first-order valence-corrected chi connectivity index (χ1v) is 9.00. The van der Waals surface area contributed by atoms with E-state index in [9.17, 15) is 22.7 Å². The van der Waals surface area contributed by atoms with Crippen LogP contribution in [0.5, 0.6) is 5.75 Å². The largest absolute Gasteiger partial charge is 0.496 e. The molecule has 156 valence electrons. The Morgan fingerprint density at radius 1 is 1.10 bits per heavy atom. The first kappa shape index (κ1) is 21.1. The molecule has 2 atom stereocenters. The van der Waals surface area contributed by atoms with Crippen molar-refractivity contribution in [3.05, 3.63) is 60.0 Å². The standard InChI is InChI=1S/C21H22F4N2O2/c1-19(28,13-27-17-7-5-4-6-14(17)11-26-27)12-20(2,21(23,24)25)16-10-15(22)8-9-18(16)29-3/h4-11,28H,12-13H2,1-3H3. The minimum Gasteiger partial charge on any atom is -0.496 e. The molecule has 3 aromatic rings. The van der Waals surface area contributed by atoms with Crippen LogP contribution in [0.2, 0.25) is 0 Å². The predicted molar refractivity (Wildman–Crippen MR) is 101 cm³/mol. The lowest BCUT2D eigenvalue weighted by Crippen LogP contribution is -2.47. The van der Waals surface area contributed by atoms with E-state index in [1.807, 2.05) is 12.1 Å². The molecule has 0 radical (unpaired) electrons. The van der Waals surface area contributed by atoms with Crippen LogP contribution in [0.1, 0.15) is 25.8 Å². The van der Waals surface area contributed by atoms with Gasteiger partial charge in [0.25, 0.3) is 0 Å². The molecule has 0 spiro atoms. The number of methoxy groups -OCH3 is 1. The quantitative estimate of drug-likeness (QED) is 0.592. The van der Waals surface area contributed by atoms with Gasteiger partial charge in [-0.1, -0.05) is 18.2 Å². The highest BCUT2D eigenvalue weighted by Gasteiger charge is 2.56. The number of hydrogen-bond donors (Lipinski definition) is 1. The Labute approximate surface area is 165 Å². The van der Waals surface area contributed by atoms with E-state index in [0.717, 1.165) is 30.5 Å². The van der Waals surface area contributed by atoms with Crippen molar-refractivity contribution >= 4 is 10.9 Å². The van der Waals surface area contributed by atoms with Crippen LogP contribution >= 0.6 is 0 Å². The molecule has 0 aliphatic rings. The molecular weight excluding hydrogens is 388 g/mol. The number of rotatable bonds is 6. The second kappa shape index (κ2) is 7.33. The molecule has 0 saturated carbocycles. The highest BCUT2D eigenvalue weighted by atomic mass is 19.4. The Hall–Kier alpha value is -2.61. The number of alkyl halides is 3. The Morgan fingerprint density at radius 3 is 2.45 bits per heavy atom. The van der Waals surface area contributed by atoms with E-state index >= 15 is 0 Å². The normalized spacial score (nSPS) is 16.4. The van der Waals surface area contributed by atoms with Gasteiger partial charge in [0.2, 0.25) is 0 Å². The van der Waals surface area contributed by atoms with Crippen LogP contribution in [0.15, 0.2) is 48.7 Å². The molecule has 0 fully saturated rings. The van der Waals surface area contributed by atoms with Crippen LogP contribution in [0.3, 0.4) is 0 Å². The number of fused-ring (bicyclic) bond motifs is 1. The van der Waals surface area contributed by atoms with E-state index < -0.39 is 29.4 Å². The molecule has 2 aromatic carbocycles. The fraction of sp³-hybridized carbons (Fsp3) is 0.381. The molecule has 8 heteroatoms. The van der Waals surface area contributed by atoms with Crippen LogP contribution in [-0.4, -0.2) is 33.8 Å². The number of halogens is 4. The summed E-state index contributed by atoms with van der Waals surface area (Å²) < 4.78 is 62.9. The van der Waals surface area contributed by atoms with Crippen LogP contribution in [0.25, 0.3) is 10.9 Å². The van der Waals surface area contributed by atoms with Gasteiger partial charge >= 0.3 is 6.18 Å². The Kier molecular flexibility index (Phi) is 5.34. The number of hydrogen-bond acceptors (Lipinski definition) is 3. The van der Waals surface area contributed by atoms with Crippen molar-refractivity contribution < 1.29 is 27.4 Å². The molecule has 2 unspecified atom stereocenters. The van der Waals surface area contributed by atoms with E-state index in [1.54, 1.807) is 18.3 Å². The van der Waals surface area contributed by atoms with Gasteiger partial charge < -0.3 is 9.84 Å². The maximum atomic E-state index is 14.2. The Balaban J connectivity index is 2.01. The van der Waals surface area contributed by atoms with Gasteiger partial charge in [-0.05, 0) is 44.5 Å². The number of nitrogens with zero attached hydrogens (tertiary/aromatic N) is 2. The minimum absolute atomic E-state index is 0.0911. The lowest BCUT2D eigenvalue weighted by Gasteiger charge is -2.39. The van der Waals surface area contributed by atoms with Gasteiger partial charge in [-0.15, -0.1) is 0 Å². The second-order valence-corrected chi connectivity index (χ2v) is 7.71. The minimum atomic E-state index is -4.76. The Bertz CT molecular complexity index is 1010. The summed E-state index contributed by atoms with van der Waals surface area (Å²) in [4.78, 5) is 0. The molecular formula is C21H22F4N2O2. The van der Waals surface area contributed by atoms with Gasteiger partial charge in [-0.25, -0.2) is 4.39 Å². The second-order valence-electron chi connectivity index (χ2n) is 7.71. The summed E-state index contributed by atoms with van der Waals surface area (Å²) in [5, 5.41) is 15.9. The summed E-state index contributed by atoms with van der Waals surface area (Å²) in [7, 11) is 1.22. The molecule has 0 aliphatic heterocycles. The molecule has 1 N–H and O–H groups in total. The topological polar surface area (TPSA) is 47.3 Å². The smallest absolute Gasteiger partial charge is 0.398 e. The maximum absolute atomic E-state index is 14.2. The van der Waals surface area contributed by atoms with Crippen LogP contribution in [0.4, 0.5) is 17.6 Å². The Morgan fingerprint density at radius 2 is 1.79 bits per heavy atom. The van der Waals surface area contributed by atoms with Crippen LogP contribution < -0.4 is 4.74 Å². The van der Waals surface area contributed by atoms with E-state index in [1.165, 1.54) is 18.7 Å². The maximum Gasteiger partial charge on any atom is 0.398 e. The summed E-state index contributed by atoms with van der Waals surface area (Å²) in [5.41, 5.74) is -4.01. The van der Waals surface area contributed by atoms with Crippen LogP contribution in [-0.2, 0) is 12.0 Å². The molecule has 0 aliphatic carbocycles. The summed E-state index contributed by atoms with van der Waals surface area (Å²) in [5.74, 6) is -0.902. The van der Waals surface area contributed by atoms with Gasteiger partial charge in [0.15, 0.2) is 0 Å². The summed E-state index contributed by atoms with van der Waals surface area (Å²) in [6.07, 6.45) is -3.88. The van der Waals surface area contributed by atoms with Crippen molar-refractivity contribution in [1.82, 2.24) is 9.78 Å². The lowest BCUT2D eigenvalue weighted by atomic mass is 9.73. The summed E-state index contributed by atoms with van der Waals surface area (Å²) >= 11 is 0. The molecule has 1 aromatic heterocycles. The van der Waals surface area contributed by atoms with Gasteiger partial charge in [-0.2, -0.15) is 18.3 Å². The molecule has 29 heavy (non-hydrogen) atoms. The number of aliphatic hydroxyl groups is 1. The van der Waals surface area contributed by atoms with Crippen molar-refractivity contribution in [2.24, 2.45) is 0 Å². The highest BCUT2D eigenvalue weighted by molar-refractivity contribution is 5.78. The van der Waals surface area contributed by atoms with Gasteiger partial charge in [-0.3, -0.25) is 4.68 Å². The SMILES string of the molecule is COc1ccc(F)cc1C(C)(CC(C)(O)Cn1ncc2ccccc21)C(F)(F)F. The monoisotopic (exact) mass is 410 g/mol. The first-order valence-electron chi connectivity index (χ1n) is 9.00. The van der Waals surface area contributed by atoms with Crippen LogP contribution in [0, 0.1) is 5.82 Å². The average Bonchev–Trinajstić information content (AvgIpc) is 3.02. The fourth-order valence-electron chi connectivity index (χ4n) is 3.75. The highest BCUT2D eigenvalue weighted by Crippen LogP contribution is 2.49. The van der Waals surface area contributed by atoms with Crippen molar-refractivity contribution in [3.8, 4) is 5.75 Å². The van der Waals surface area contributed by atoms with E-state index in [-0.39, 0.29) is 17.9 Å². The lowest BCUT2D eigenvalue weighted by molar-refractivity contribution is -0.201. The van der Waals surface area contributed by atoms with Crippen molar-refractivity contribution in [2.75, 3.05) is 7.11 Å². The number of aromatic nitrogens is 2. The third-order valence-corrected chi connectivity index (χ3v) is 5.16.